The van der Waals surface area contributed by atoms with Crippen LogP contribution in [0.3, 0.4) is 0 Å². The lowest BCUT2D eigenvalue weighted by Gasteiger charge is -2.35. The highest BCUT2D eigenvalue weighted by Gasteiger charge is 2.39. The summed E-state index contributed by atoms with van der Waals surface area (Å²) in [5, 5.41) is 9.38. The first-order valence-electron chi connectivity index (χ1n) is 6.57. The van der Waals surface area contributed by atoms with Crippen LogP contribution in [0.15, 0.2) is 54.6 Å². The molecule has 0 bridgehead atoms. The lowest BCUT2D eigenvalue weighted by molar-refractivity contribution is 0.323. The SMILES string of the molecule is N#CC1(c2cccc(Oc3ccccc3)c2)CCC1. The minimum Gasteiger partial charge on any atom is -0.457 e. The zero-order valence-electron chi connectivity index (χ0n) is 10.7. The fraction of sp³-hybridized carbons (Fsp3) is 0.235. The Morgan fingerprint density at radius 3 is 2.32 bits per heavy atom. The molecule has 2 aromatic rings. The summed E-state index contributed by atoms with van der Waals surface area (Å²) in [6.07, 6.45) is 3.05. The van der Waals surface area contributed by atoms with Crippen LogP contribution in [-0.2, 0) is 5.41 Å². The molecule has 2 aromatic carbocycles. The molecule has 19 heavy (non-hydrogen) atoms. The van der Waals surface area contributed by atoms with Crippen molar-refractivity contribution >= 4 is 0 Å². The van der Waals surface area contributed by atoms with E-state index in [9.17, 15) is 5.26 Å². The van der Waals surface area contributed by atoms with E-state index in [0.29, 0.717) is 0 Å². The predicted octanol–water partition coefficient (Wildman–Crippen LogP) is 4.42. The van der Waals surface area contributed by atoms with Crippen LogP contribution in [0.4, 0.5) is 0 Å². The third-order valence-corrected chi connectivity index (χ3v) is 3.79. The van der Waals surface area contributed by atoms with Crippen LogP contribution in [-0.4, -0.2) is 0 Å². The molecule has 2 heteroatoms. The van der Waals surface area contributed by atoms with E-state index in [1.165, 1.54) is 0 Å². The molecule has 1 fully saturated rings. The lowest BCUT2D eigenvalue weighted by atomic mass is 9.65. The number of nitrogens with zero attached hydrogens (tertiary/aromatic N) is 1. The number of para-hydroxylation sites is 1. The minimum atomic E-state index is -0.282. The highest BCUT2D eigenvalue weighted by molar-refractivity contribution is 5.41. The van der Waals surface area contributed by atoms with Crippen molar-refractivity contribution in [2.75, 3.05) is 0 Å². The first-order chi connectivity index (χ1) is 9.32. The maximum Gasteiger partial charge on any atom is 0.127 e. The summed E-state index contributed by atoms with van der Waals surface area (Å²) in [6, 6.07) is 20.1. The number of hydrogen-bond acceptors (Lipinski definition) is 2. The Labute approximate surface area is 113 Å². The molecule has 1 aliphatic carbocycles. The Hall–Kier alpha value is -2.27. The summed E-state index contributed by atoms with van der Waals surface area (Å²) in [5.41, 5.74) is 0.797. The molecule has 0 spiro atoms. The molecule has 1 saturated carbocycles. The van der Waals surface area contributed by atoms with Crippen LogP contribution in [0.1, 0.15) is 24.8 Å². The van der Waals surface area contributed by atoms with Crippen molar-refractivity contribution in [2.45, 2.75) is 24.7 Å². The van der Waals surface area contributed by atoms with E-state index < -0.39 is 0 Å². The normalized spacial score (nSPS) is 16.2. The molecule has 0 saturated heterocycles. The van der Waals surface area contributed by atoms with Crippen LogP contribution in [0.5, 0.6) is 11.5 Å². The molecule has 0 aliphatic heterocycles. The van der Waals surface area contributed by atoms with Crippen LogP contribution >= 0.6 is 0 Å². The molecule has 0 unspecified atom stereocenters. The Morgan fingerprint density at radius 2 is 1.68 bits per heavy atom. The van der Waals surface area contributed by atoms with Crippen LogP contribution in [0.2, 0.25) is 0 Å². The summed E-state index contributed by atoms with van der Waals surface area (Å²) in [5.74, 6) is 1.62. The molecule has 0 heterocycles. The van der Waals surface area contributed by atoms with E-state index >= 15 is 0 Å². The highest BCUT2D eigenvalue weighted by Crippen LogP contribution is 2.44. The van der Waals surface area contributed by atoms with E-state index in [2.05, 4.69) is 6.07 Å². The molecule has 0 amide bonds. The second-order valence-electron chi connectivity index (χ2n) is 4.99. The third kappa shape index (κ3) is 2.20. The number of nitriles is 1. The average Bonchev–Trinajstić information content (AvgIpc) is 2.40. The molecular formula is C17H15NO. The van der Waals surface area contributed by atoms with Crippen LogP contribution in [0.25, 0.3) is 0 Å². The average molecular weight is 249 g/mol. The second kappa shape index (κ2) is 4.78. The van der Waals surface area contributed by atoms with Gasteiger partial charge in [-0.3, -0.25) is 0 Å². The maximum absolute atomic E-state index is 9.38. The minimum absolute atomic E-state index is 0.282. The first kappa shape index (κ1) is 11.8. The van der Waals surface area contributed by atoms with Gasteiger partial charge in [-0.1, -0.05) is 30.3 Å². The molecule has 2 nitrogen and oxygen atoms in total. The summed E-state index contributed by atoms with van der Waals surface area (Å²) in [6.45, 7) is 0. The fourth-order valence-corrected chi connectivity index (χ4v) is 2.48. The van der Waals surface area contributed by atoms with Gasteiger partial charge in [0.2, 0.25) is 0 Å². The van der Waals surface area contributed by atoms with E-state index in [0.717, 1.165) is 36.3 Å². The smallest absolute Gasteiger partial charge is 0.127 e. The molecule has 1 aliphatic rings. The number of rotatable bonds is 3. The molecule has 3 rings (SSSR count). The zero-order chi connectivity index (χ0) is 13.1. The number of ether oxygens (including phenoxy) is 1. The summed E-state index contributed by atoms with van der Waals surface area (Å²) < 4.78 is 5.82. The van der Waals surface area contributed by atoms with Gasteiger partial charge >= 0.3 is 0 Å². The van der Waals surface area contributed by atoms with Gasteiger partial charge in [-0.15, -0.1) is 0 Å². The van der Waals surface area contributed by atoms with Crippen molar-refractivity contribution < 1.29 is 4.74 Å². The molecule has 0 radical (unpaired) electrons. The fourth-order valence-electron chi connectivity index (χ4n) is 2.48. The largest absolute Gasteiger partial charge is 0.457 e. The van der Waals surface area contributed by atoms with Gasteiger partial charge in [-0.05, 0) is 49.1 Å². The molecule has 0 aromatic heterocycles. The van der Waals surface area contributed by atoms with Gasteiger partial charge in [-0.2, -0.15) is 5.26 Å². The van der Waals surface area contributed by atoms with Crippen molar-refractivity contribution in [1.82, 2.24) is 0 Å². The van der Waals surface area contributed by atoms with Crippen molar-refractivity contribution in [3.8, 4) is 17.6 Å². The standard InChI is InChI=1S/C17H15NO/c18-13-17(10-5-11-17)14-6-4-9-16(12-14)19-15-7-2-1-3-8-15/h1-4,6-9,12H,5,10-11H2. The van der Waals surface area contributed by atoms with Gasteiger partial charge in [0.05, 0.1) is 11.5 Å². The Bertz CT molecular complexity index is 609. The zero-order valence-corrected chi connectivity index (χ0v) is 10.7. The Kier molecular flexibility index (Phi) is 2.97. The molecular weight excluding hydrogens is 234 g/mol. The van der Waals surface area contributed by atoms with E-state index in [1.807, 2.05) is 54.6 Å². The van der Waals surface area contributed by atoms with Gasteiger partial charge < -0.3 is 4.74 Å². The maximum atomic E-state index is 9.38. The lowest BCUT2D eigenvalue weighted by Crippen LogP contribution is -2.32. The monoisotopic (exact) mass is 249 g/mol. The third-order valence-electron chi connectivity index (χ3n) is 3.79. The molecule has 0 atom stereocenters. The summed E-state index contributed by atoms with van der Waals surface area (Å²) in [4.78, 5) is 0. The van der Waals surface area contributed by atoms with Gasteiger partial charge in [0.1, 0.15) is 11.5 Å². The van der Waals surface area contributed by atoms with Crippen molar-refractivity contribution in [3.05, 3.63) is 60.2 Å². The molecule has 0 N–H and O–H groups in total. The highest BCUT2D eigenvalue weighted by atomic mass is 16.5. The van der Waals surface area contributed by atoms with Crippen LogP contribution < -0.4 is 4.74 Å². The summed E-state index contributed by atoms with van der Waals surface area (Å²) >= 11 is 0. The predicted molar refractivity (Wildman–Crippen MR) is 74.1 cm³/mol. The van der Waals surface area contributed by atoms with Crippen molar-refractivity contribution in [2.24, 2.45) is 0 Å². The Balaban J connectivity index is 1.87. The quantitative estimate of drug-likeness (QED) is 0.806. The molecule has 94 valence electrons. The number of benzene rings is 2. The number of hydrogen-bond donors (Lipinski definition) is 0. The van der Waals surface area contributed by atoms with E-state index in [-0.39, 0.29) is 5.41 Å². The van der Waals surface area contributed by atoms with E-state index in [1.54, 1.807) is 0 Å². The Morgan fingerprint density at radius 1 is 0.947 bits per heavy atom. The topological polar surface area (TPSA) is 33.0 Å². The van der Waals surface area contributed by atoms with E-state index in [4.69, 9.17) is 4.74 Å². The van der Waals surface area contributed by atoms with Gasteiger partial charge in [0, 0.05) is 0 Å². The second-order valence-corrected chi connectivity index (χ2v) is 4.99. The summed E-state index contributed by atoms with van der Waals surface area (Å²) in [7, 11) is 0. The van der Waals surface area contributed by atoms with Crippen molar-refractivity contribution in [1.29, 1.82) is 5.26 Å². The van der Waals surface area contributed by atoms with Gasteiger partial charge in [0.15, 0.2) is 0 Å². The van der Waals surface area contributed by atoms with Crippen molar-refractivity contribution in [3.63, 3.8) is 0 Å². The van der Waals surface area contributed by atoms with Gasteiger partial charge in [0.25, 0.3) is 0 Å². The van der Waals surface area contributed by atoms with Crippen LogP contribution in [0, 0.1) is 11.3 Å². The first-order valence-corrected chi connectivity index (χ1v) is 6.57. The van der Waals surface area contributed by atoms with Gasteiger partial charge in [-0.25, -0.2) is 0 Å².